The minimum absolute atomic E-state index is 0. The molecule has 1 atom stereocenters. The zero-order valence-electron chi connectivity index (χ0n) is 10.4. The van der Waals surface area contributed by atoms with Crippen LogP contribution in [0.15, 0.2) is 10.3 Å². The maximum absolute atomic E-state index is 11.9. The highest BCUT2D eigenvalue weighted by atomic mass is 35.5. The third-order valence-corrected chi connectivity index (χ3v) is 5.53. The Hall–Kier alpha value is -0.140. The molecule has 0 aromatic carbocycles. The minimum atomic E-state index is -3.34. The lowest BCUT2D eigenvalue weighted by Crippen LogP contribution is -2.36. The number of sulfonamides is 1. The van der Waals surface area contributed by atoms with Gasteiger partial charge in [-0.3, -0.25) is 0 Å². The van der Waals surface area contributed by atoms with Gasteiger partial charge in [0.05, 0.1) is 0 Å². The molecule has 0 aliphatic heterocycles. The van der Waals surface area contributed by atoms with Crippen molar-refractivity contribution in [3.63, 3.8) is 0 Å². The number of aryl methyl sites for hydroxylation is 2. The molecule has 0 aliphatic carbocycles. The van der Waals surface area contributed by atoms with Crippen LogP contribution in [0.2, 0.25) is 0 Å². The van der Waals surface area contributed by atoms with Crippen molar-refractivity contribution >= 4 is 33.8 Å². The monoisotopic (exact) mass is 298 g/mol. The molecular formula is C10H19ClN2O2S2. The van der Waals surface area contributed by atoms with Gasteiger partial charge in [0.25, 0.3) is 0 Å². The van der Waals surface area contributed by atoms with E-state index >= 15 is 0 Å². The number of hydrogen-bond donors (Lipinski definition) is 2. The summed E-state index contributed by atoms with van der Waals surface area (Å²) in [6, 6.07) is 1.84. The highest BCUT2D eigenvalue weighted by Crippen LogP contribution is 2.24. The highest BCUT2D eigenvalue weighted by molar-refractivity contribution is 7.91. The number of rotatable bonds is 5. The van der Waals surface area contributed by atoms with Gasteiger partial charge < -0.3 is 5.32 Å². The Morgan fingerprint density at radius 1 is 1.41 bits per heavy atom. The Bertz CT molecular complexity index is 437. The van der Waals surface area contributed by atoms with E-state index < -0.39 is 10.0 Å². The van der Waals surface area contributed by atoms with Gasteiger partial charge in [-0.25, -0.2) is 13.1 Å². The van der Waals surface area contributed by atoms with Crippen LogP contribution in [0.5, 0.6) is 0 Å². The van der Waals surface area contributed by atoms with Crippen LogP contribution in [0.25, 0.3) is 0 Å². The number of thiophene rings is 1. The van der Waals surface area contributed by atoms with Crippen LogP contribution < -0.4 is 10.0 Å². The second-order valence-corrected chi connectivity index (χ2v) is 7.10. The summed E-state index contributed by atoms with van der Waals surface area (Å²) in [5.74, 6) is 0. The zero-order valence-corrected chi connectivity index (χ0v) is 12.9. The molecule has 1 unspecified atom stereocenters. The van der Waals surface area contributed by atoms with Gasteiger partial charge in [-0.05, 0) is 39.4 Å². The van der Waals surface area contributed by atoms with E-state index in [0.29, 0.717) is 10.8 Å². The van der Waals surface area contributed by atoms with Crippen molar-refractivity contribution in [3.05, 3.63) is 16.5 Å². The Morgan fingerprint density at radius 2 is 2.00 bits per heavy atom. The summed E-state index contributed by atoms with van der Waals surface area (Å²) >= 11 is 1.31. The number of likely N-dealkylation sites (N-methyl/N-ethyl adjacent to an activating group) is 1. The Morgan fingerprint density at radius 3 is 2.41 bits per heavy atom. The first-order valence-electron chi connectivity index (χ1n) is 5.11. The highest BCUT2D eigenvalue weighted by Gasteiger charge is 2.17. The maximum atomic E-state index is 11.9. The topological polar surface area (TPSA) is 58.2 Å². The van der Waals surface area contributed by atoms with Gasteiger partial charge in [0.15, 0.2) is 0 Å². The summed E-state index contributed by atoms with van der Waals surface area (Å²) in [7, 11) is -1.53. The number of hydrogen-bond acceptors (Lipinski definition) is 4. The molecule has 0 spiro atoms. The van der Waals surface area contributed by atoms with E-state index in [1.807, 2.05) is 20.8 Å². The second kappa shape index (κ2) is 6.70. The average Bonchev–Trinajstić information content (AvgIpc) is 2.56. The van der Waals surface area contributed by atoms with Crippen LogP contribution >= 0.6 is 23.7 Å². The number of halogens is 1. The molecule has 7 heteroatoms. The van der Waals surface area contributed by atoms with Crippen LogP contribution in [0.1, 0.15) is 17.4 Å². The van der Waals surface area contributed by atoms with Crippen molar-refractivity contribution in [3.8, 4) is 0 Å². The van der Waals surface area contributed by atoms with Gasteiger partial charge in [0.1, 0.15) is 4.21 Å². The van der Waals surface area contributed by atoms with Crippen LogP contribution in [-0.4, -0.2) is 28.1 Å². The van der Waals surface area contributed by atoms with Crippen molar-refractivity contribution in [2.24, 2.45) is 0 Å². The Kier molecular flexibility index (Phi) is 6.65. The third-order valence-electron chi connectivity index (χ3n) is 2.48. The summed E-state index contributed by atoms with van der Waals surface area (Å²) in [5.41, 5.74) is 1.02. The summed E-state index contributed by atoms with van der Waals surface area (Å²) in [4.78, 5) is 1.04. The molecule has 1 aromatic heterocycles. The minimum Gasteiger partial charge on any atom is -0.316 e. The fourth-order valence-corrected chi connectivity index (χ4v) is 3.77. The van der Waals surface area contributed by atoms with Gasteiger partial charge in [0.2, 0.25) is 10.0 Å². The van der Waals surface area contributed by atoms with Crippen molar-refractivity contribution in [2.45, 2.75) is 31.0 Å². The Balaban J connectivity index is 0.00000256. The third kappa shape index (κ3) is 4.56. The van der Waals surface area contributed by atoms with E-state index in [2.05, 4.69) is 10.0 Å². The summed E-state index contributed by atoms with van der Waals surface area (Å²) in [6.45, 7) is 6.17. The number of nitrogens with one attached hydrogen (secondary N) is 2. The van der Waals surface area contributed by atoms with Gasteiger partial charge in [0, 0.05) is 17.5 Å². The predicted octanol–water partition coefficient (Wildman–Crippen LogP) is 1.67. The van der Waals surface area contributed by atoms with Crippen molar-refractivity contribution in [1.82, 2.24) is 10.0 Å². The lowest BCUT2D eigenvalue weighted by molar-refractivity contribution is 0.556. The Labute approximate surface area is 113 Å². The van der Waals surface area contributed by atoms with E-state index in [9.17, 15) is 8.42 Å². The second-order valence-electron chi connectivity index (χ2n) is 3.85. The molecule has 1 heterocycles. The fraction of sp³-hybridized carbons (Fsp3) is 0.600. The van der Waals surface area contributed by atoms with Gasteiger partial charge in [-0.1, -0.05) is 0 Å². The van der Waals surface area contributed by atoms with E-state index in [0.717, 1.165) is 10.4 Å². The molecule has 0 saturated carbocycles. The molecule has 0 fully saturated rings. The molecule has 4 nitrogen and oxygen atoms in total. The lowest BCUT2D eigenvalue weighted by Gasteiger charge is -2.10. The predicted molar refractivity (Wildman–Crippen MR) is 74.8 cm³/mol. The summed E-state index contributed by atoms with van der Waals surface area (Å²) in [6.07, 6.45) is 0. The van der Waals surface area contributed by atoms with E-state index in [4.69, 9.17) is 0 Å². The average molecular weight is 299 g/mol. The molecule has 2 N–H and O–H groups in total. The van der Waals surface area contributed by atoms with Crippen LogP contribution in [0.4, 0.5) is 0 Å². The summed E-state index contributed by atoms with van der Waals surface area (Å²) < 4.78 is 26.8. The molecule has 0 aliphatic rings. The van der Waals surface area contributed by atoms with Crippen LogP contribution in [0, 0.1) is 13.8 Å². The van der Waals surface area contributed by atoms with Gasteiger partial charge in [-0.15, -0.1) is 23.7 Å². The fourth-order valence-electron chi connectivity index (χ4n) is 1.08. The molecule has 100 valence electrons. The normalized spacial score (nSPS) is 13.2. The molecule has 17 heavy (non-hydrogen) atoms. The zero-order chi connectivity index (χ0) is 12.3. The first-order valence-corrected chi connectivity index (χ1v) is 7.40. The molecular weight excluding hydrogens is 280 g/mol. The molecule has 0 bridgehead atoms. The smallest absolute Gasteiger partial charge is 0.250 e. The van der Waals surface area contributed by atoms with Gasteiger partial charge >= 0.3 is 0 Å². The molecule has 0 saturated heterocycles. The SMILES string of the molecule is CNC(C)CNS(=O)(=O)c1cc(C)c(C)s1.Cl. The quantitative estimate of drug-likeness (QED) is 0.869. The lowest BCUT2D eigenvalue weighted by atomic mass is 10.3. The van der Waals surface area contributed by atoms with Crippen LogP contribution in [-0.2, 0) is 10.0 Å². The van der Waals surface area contributed by atoms with Crippen molar-refractivity contribution in [2.75, 3.05) is 13.6 Å². The van der Waals surface area contributed by atoms with Crippen LogP contribution in [0.3, 0.4) is 0 Å². The standard InChI is InChI=1S/C10H18N2O2S2.ClH/c1-7-5-10(15-9(7)3)16(13,14)12-6-8(2)11-4;/h5,8,11-12H,6H2,1-4H3;1H. The van der Waals surface area contributed by atoms with Crippen molar-refractivity contribution < 1.29 is 8.42 Å². The van der Waals surface area contributed by atoms with Crippen molar-refractivity contribution in [1.29, 1.82) is 0 Å². The van der Waals surface area contributed by atoms with E-state index in [-0.39, 0.29) is 18.4 Å². The maximum Gasteiger partial charge on any atom is 0.250 e. The summed E-state index contributed by atoms with van der Waals surface area (Å²) in [5, 5.41) is 2.98. The first kappa shape index (κ1) is 16.9. The van der Waals surface area contributed by atoms with E-state index in [1.54, 1.807) is 13.1 Å². The molecule has 1 aromatic rings. The molecule has 0 amide bonds. The molecule has 0 radical (unpaired) electrons. The van der Waals surface area contributed by atoms with Gasteiger partial charge in [-0.2, -0.15) is 0 Å². The molecule has 1 rings (SSSR count). The van der Waals surface area contributed by atoms with E-state index in [1.165, 1.54) is 11.3 Å². The first-order chi connectivity index (χ1) is 7.36. The largest absolute Gasteiger partial charge is 0.316 e.